The molecule has 0 radical (unpaired) electrons. The summed E-state index contributed by atoms with van der Waals surface area (Å²) in [6, 6.07) is 21.0. The summed E-state index contributed by atoms with van der Waals surface area (Å²) >= 11 is 0. The fraction of sp³-hybridized carbons (Fsp3) is 0.148. The molecule has 0 unspecified atom stereocenters. The van der Waals surface area contributed by atoms with Crippen LogP contribution < -0.4 is 5.56 Å². The van der Waals surface area contributed by atoms with Crippen molar-refractivity contribution < 1.29 is 0 Å². The maximum absolute atomic E-state index is 13.5. The van der Waals surface area contributed by atoms with E-state index in [9.17, 15) is 4.79 Å². The fourth-order valence-electron chi connectivity index (χ4n) is 4.70. The summed E-state index contributed by atoms with van der Waals surface area (Å²) < 4.78 is 3.54. The number of hydrogen-bond acceptors (Lipinski definition) is 3. The number of rotatable bonds is 4. The molecular formula is C27H23N5O. The first-order valence-electron chi connectivity index (χ1n) is 11.0. The van der Waals surface area contributed by atoms with Gasteiger partial charge in [0.05, 0.1) is 24.5 Å². The first-order chi connectivity index (χ1) is 16.1. The van der Waals surface area contributed by atoms with Gasteiger partial charge in [-0.05, 0) is 42.2 Å². The molecule has 1 N–H and O–H groups in total. The SMILES string of the molecule is Cc1ccc(Cc2ccc3c4cnn(Cc5cccc6[nH]ncc56)c(=O)c4n(C)c3c2)cc1. The molecule has 0 atom stereocenters. The second-order valence-electron chi connectivity index (χ2n) is 8.69. The first-order valence-corrected chi connectivity index (χ1v) is 11.0. The Morgan fingerprint density at radius 3 is 2.58 bits per heavy atom. The summed E-state index contributed by atoms with van der Waals surface area (Å²) in [5, 5.41) is 14.6. The van der Waals surface area contributed by atoms with Gasteiger partial charge in [-0.3, -0.25) is 9.89 Å². The third-order valence-electron chi connectivity index (χ3n) is 6.49. The molecule has 6 heteroatoms. The van der Waals surface area contributed by atoms with E-state index in [2.05, 4.69) is 64.7 Å². The minimum atomic E-state index is -0.0909. The van der Waals surface area contributed by atoms with Crippen LogP contribution in [0.3, 0.4) is 0 Å². The topological polar surface area (TPSA) is 68.5 Å². The van der Waals surface area contributed by atoms with Crippen LogP contribution in [0.5, 0.6) is 0 Å². The van der Waals surface area contributed by atoms with E-state index in [0.29, 0.717) is 12.1 Å². The molecule has 0 spiro atoms. The van der Waals surface area contributed by atoms with Crippen molar-refractivity contribution in [3.8, 4) is 0 Å². The molecule has 6 nitrogen and oxygen atoms in total. The molecule has 6 aromatic rings. The number of fused-ring (bicyclic) bond motifs is 4. The Kier molecular flexibility index (Phi) is 4.40. The van der Waals surface area contributed by atoms with E-state index < -0.39 is 0 Å². The summed E-state index contributed by atoms with van der Waals surface area (Å²) in [6.45, 7) is 2.49. The average molecular weight is 434 g/mol. The highest BCUT2D eigenvalue weighted by molar-refractivity contribution is 6.07. The second kappa shape index (κ2) is 7.45. The number of aryl methyl sites for hydroxylation is 2. The fourth-order valence-corrected chi connectivity index (χ4v) is 4.70. The zero-order valence-corrected chi connectivity index (χ0v) is 18.5. The lowest BCUT2D eigenvalue weighted by Gasteiger charge is -2.07. The van der Waals surface area contributed by atoms with E-state index in [0.717, 1.165) is 39.2 Å². The van der Waals surface area contributed by atoms with Crippen LogP contribution in [0.25, 0.3) is 32.7 Å². The Morgan fingerprint density at radius 2 is 1.73 bits per heavy atom. The van der Waals surface area contributed by atoms with Crippen LogP contribution in [0.4, 0.5) is 0 Å². The molecule has 0 aliphatic heterocycles. The number of hydrogen-bond donors (Lipinski definition) is 1. The Bertz CT molecular complexity index is 1700. The molecule has 3 aromatic carbocycles. The highest BCUT2D eigenvalue weighted by Crippen LogP contribution is 2.27. The number of benzene rings is 3. The zero-order valence-electron chi connectivity index (χ0n) is 18.5. The Morgan fingerprint density at radius 1 is 0.909 bits per heavy atom. The lowest BCUT2D eigenvalue weighted by atomic mass is 10.0. The van der Waals surface area contributed by atoms with Gasteiger partial charge in [-0.1, -0.05) is 54.1 Å². The van der Waals surface area contributed by atoms with E-state index in [1.165, 1.54) is 21.4 Å². The molecule has 3 heterocycles. The number of aromatic amines is 1. The lowest BCUT2D eigenvalue weighted by molar-refractivity contribution is 0.647. The van der Waals surface area contributed by atoms with Gasteiger partial charge < -0.3 is 4.57 Å². The maximum atomic E-state index is 13.5. The second-order valence-corrected chi connectivity index (χ2v) is 8.69. The van der Waals surface area contributed by atoms with Gasteiger partial charge in [0.15, 0.2) is 0 Å². The monoisotopic (exact) mass is 433 g/mol. The van der Waals surface area contributed by atoms with Crippen molar-refractivity contribution in [1.29, 1.82) is 0 Å². The van der Waals surface area contributed by atoms with Crippen LogP contribution in [0.1, 0.15) is 22.3 Å². The predicted octanol–water partition coefficient (Wildman–Crippen LogP) is 4.71. The van der Waals surface area contributed by atoms with Crippen LogP contribution in [0.2, 0.25) is 0 Å². The minimum Gasteiger partial charge on any atom is -0.339 e. The molecule has 0 saturated carbocycles. The maximum Gasteiger partial charge on any atom is 0.291 e. The quantitative estimate of drug-likeness (QED) is 0.438. The Labute approximate surface area is 190 Å². The van der Waals surface area contributed by atoms with Gasteiger partial charge in [-0.25, -0.2) is 4.68 Å². The van der Waals surface area contributed by atoms with Gasteiger partial charge in [0.2, 0.25) is 0 Å². The minimum absolute atomic E-state index is 0.0909. The molecule has 6 rings (SSSR count). The molecule has 33 heavy (non-hydrogen) atoms. The molecule has 0 saturated heterocycles. The highest BCUT2D eigenvalue weighted by atomic mass is 16.1. The van der Waals surface area contributed by atoms with Crippen molar-refractivity contribution in [1.82, 2.24) is 24.5 Å². The van der Waals surface area contributed by atoms with Gasteiger partial charge in [-0.2, -0.15) is 10.2 Å². The molecule has 0 bridgehead atoms. The van der Waals surface area contributed by atoms with E-state index >= 15 is 0 Å². The van der Waals surface area contributed by atoms with Crippen molar-refractivity contribution >= 4 is 32.7 Å². The molecule has 0 aliphatic carbocycles. The summed E-state index contributed by atoms with van der Waals surface area (Å²) in [5.41, 5.74) is 7.34. The lowest BCUT2D eigenvalue weighted by Crippen LogP contribution is -2.24. The van der Waals surface area contributed by atoms with Gasteiger partial charge >= 0.3 is 0 Å². The van der Waals surface area contributed by atoms with Crippen molar-refractivity contribution in [2.75, 3.05) is 0 Å². The van der Waals surface area contributed by atoms with Crippen LogP contribution in [-0.2, 0) is 20.0 Å². The van der Waals surface area contributed by atoms with Gasteiger partial charge in [0.1, 0.15) is 5.52 Å². The van der Waals surface area contributed by atoms with Gasteiger partial charge in [-0.15, -0.1) is 0 Å². The van der Waals surface area contributed by atoms with Gasteiger partial charge in [0.25, 0.3) is 5.56 Å². The molecule has 0 fully saturated rings. The summed E-state index contributed by atoms with van der Waals surface area (Å²) in [5.74, 6) is 0. The number of nitrogens with zero attached hydrogens (tertiary/aromatic N) is 4. The van der Waals surface area contributed by atoms with Crippen LogP contribution in [0.15, 0.2) is 77.9 Å². The van der Waals surface area contributed by atoms with Crippen molar-refractivity contribution in [2.24, 2.45) is 7.05 Å². The van der Waals surface area contributed by atoms with Crippen molar-refractivity contribution in [3.63, 3.8) is 0 Å². The summed E-state index contributed by atoms with van der Waals surface area (Å²) in [4.78, 5) is 13.5. The largest absolute Gasteiger partial charge is 0.339 e. The van der Waals surface area contributed by atoms with E-state index in [1.807, 2.05) is 36.0 Å². The summed E-state index contributed by atoms with van der Waals surface area (Å²) in [7, 11) is 1.96. The van der Waals surface area contributed by atoms with Gasteiger partial charge in [0, 0.05) is 28.7 Å². The van der Waals surface area contributed by atoms with Crippen molar-refractivity contribution in [2.45, 2.75) is 19.9 Å². The smallest absolute Gasteiger partial charge is 0.291 e. The first kappa shape index (κ1) is 19.5. The van der Waals surface area contributed by atoms with Crippen molar-refractivity contribution in [3.05, 3.63) is 106 Å². The number of aromatic nitrogens is 5. The molecule has 162 valence electrons. The van der Waals surface area contributed by atoms with E-state index in [-0.39, 0.29) is 5.56 Å². The number of nitrogens with one attached hydrogen (secondary N) is 1. The zero-order chi connectivity index (χ0) is 22.5. The van der Waals surface area contributed by atoms with Crippen LogP contribution >= 0.6 is 0 Å². The predicted molar refractivity (Wildman–Crippen MR) is 132 cm³/mol. The average Bonchev–Trinajstić information content (AvgIpc) is 3.41. The Hall–Kier alpha value is -4.19. The molecule has 0 aliphatic rings. The normalized spacial score (nSPS) is 11.7. The third kappa shape index (κ3) is 3.22. The molecule has 0 amide bonds. The third-order valence-corrected chi connectivity index (χ3v) is 6.49. The molecule has 3 aromatic heterocycles. The standard InChI is InChI=1S/C27H23N5O/c1-17-6-8-18(9-7-17)12-19-10-11-21-23-15-29-32(27(33)26(23)31(2)25(21)13-19)16-20-4-3-5-24-22(20)14-28-30-24/h3-11,13-15H,12,16H2,1-2H3,(H,28,30). The van der Waals surface area contributed by atoms with Crippen LogP contribution in [-0.4, -0.2) is 24.5 Å². The molecular weight excluding hydrogens is 410 g/mol. The van der Waals surface area contributed by atoms with E-state index in [4.69, 9.17) is 0 Å². The van der Waals surface area contributed by atoms with Crippen LogP contribution in [0, 0.1) is 6.92 Å². The number of H-pyrrole nitrogens is 1. The summed E-state index contributed by atoms with van der Waals surface area (Å²) in [6.07, 6.45) is 4.46. The Balaban J connectivity index is 1.43. The highest BCUT2D eigenvalue weighted by Gasteiger charge is 2.15. The van der Waals surface area contributed by atoms with E-state index in [1.54, 1.807) is 6.20 Å².